The summed E-state index contributed by atoms with van der Waals surface area (Å²) in [7, 11) is 0. The van der Waals surface area contributed by atoms with Gasteiger partial charge in [-0.1, -0.05) is 24.3 Å². The first-order valence-corrected chi connectivity index (χ1v) is 6.12. The predicted octanol–water partition coefficient (Wildman–Crippen LogP) is 2.37. The van der Waals surface area contributed by atoms with E-state index >= 15 is 0 Å². The average molecular weight is 255 g/mol. The summed E-state index contributed by atoms with van der Waals surface area (Å²) in [5, 5.41) is 6.28. The molecule has 5 nitrogen and oxygen atoms in total. The van der Waals surface area contributed by atoms with E-state index in [1.807, 2.05) is 31.2 Å². The third-order valence-electron chi connectivity index (χ3n) is 3.06. The van der Waals surface area contributed by atoms with Crippen LogP contribution in [-0.4, -0.2) is 27.2 Å². The topological polar surface area (TPSA) is 56.5 Å². The Labute approximate surface area is 109 Å². The smallest absolute Gasteiger partial charge is 0.358 e. The van der Waals surface area contributed by atoms with Gasteiger partial charge < -0.3 is 4.74 Å². The number of esters is 1. The van der Waals surface area contributed by atoms with E-state index in [-0.39, 0.29) is 0 Å². The second kappa shape index (κ2) is 4.35. The third-order valence-corrected chi connectivity index (χ3v) is 3.06. The molecule has 0 aliphatic carbocycles. The molecule has 0 bridgehead atoms. The Morgan fingerprint density at radius 3 is 2.95 bits per heavy atom. The molecule has 0 atom stereocenters. The molecule has 1 aromatic carbocycles. The van der Waals surface area contributed by atoms with Gasteiger partial charge in [0, 0.05) is 10.8 Å². The fourth-order valence-corrected chi connectivity index (χ4v) is 2.13. The molecule has 0 amide bonds. The van der Waals surface area contributed by atoms with Crippen molar-refractivity contribution in [1.82, 2.24) is 14.6 Å². The number of hydrogen-bond acceptors (Lipinski definition) is 4. The molecule has 3 aromatic rings. The van der Waals surface area contributed by atoms with Gasteiger partial charge in [-0.3, -0.25) is 0 Å². The number of carbonyl (C=O) groups excluding carboxylic acids is 1. The van der Waals surface area contributed by atoms with Gasteiger partial charge in [0.2, 0.25) is 0 Å². The van der Waals surface area contributed by atoms with Crippen molar-refractivity contribution in [3.8, 4) is 0 Å². The number of aryl methyl sites for hydroxylation is 1. The van der Waals surface area contributed by atoms with Crippen LogP contribution in [0.4, 0.5) is 0 Å². The zero-order chi connectivity index (χ0) is 13.4. The van der Waals surface area contributed by atoms with E-state index in [0.717, 1.165) is 10.8 Å². The molecule has 0 N–H and O–H groups in total. The van der Waals surface area contributed by atoms with Gasteiger partial charge in [0.1, 0.15) is 0 Å². The molecule has 0 fully saturated rings. The number of imidazole rings is 1. The van der Waals surface area contributed by atoms with Gasteiger partial charge in [0.15, 0.2) is 11.3 Å². The van der Waals surface area contributed by atoms with Crippen LogP contribution in [0.2, 0.25) is 0 Å². The van der Waals surface area contributed by atoms with E-state index in [4.69, 9.17) is 4.74 Å². The van der Waals surface area contributed by atoms with Crippen molar-refractivity contribution in [2.45, 2.75) is 13.8 Å². The first-order chi connectivity index (χ1) is 9.22. The van der Waals surface area contributed by atoms with Gasteiger partial charge >= 0.3 is 5.97 Å². The SMILES string of the molecule is CCOC(=O)c1nc2c3ccccc3cnn2c1C. The Balaban J connectivity index is 2.30. The van der Waals surface area contributed by atoms with Crippen LogP contribution in [0.1, 0.15) is 23.1 Å². The summed E-state index contributed by atoms with van der Waals surface area (Å²) in [5.74, 6) is -0.408. The molecule has 3 rings (SSSR count). The first-order valence-electron chi connectivity index (χ1n) is 6.12. The van der Waals surface area contributed by atoms with E-state index in [9.17, 15) is 4.79 Å². The van der Waals surface area contributed by atoms with Crippen LogP contribution in [-0.2, 0) is 4.74 Å². The zero-order valence-corrected chi connectivity index (χ0v) is 10.8. The summed E-state index contributed by atoms with van der Waals surface area (Å²) in [5.41, 5.74) is 1.70. The highest BCUT2D eigenvalue weighted by Gasteiger charge is 2.18. The maximum atomic E-state index is 11.8. The Kier molecular flexibility index (Phi) is 2.67. The third kappa shape index (κ3) is 1.74. The highest BCUT2D eigenvalue weighted by Crippen LogP contribution is 2.20. The molecule has 19 heavy (non-hydrogen) atoms. The number of fused-ring (bicyclic) bond motifs is 3. The molecule has 0 unspecified atom stereocenters. The lowest BCUT2D eigenvalue weighted by Crippen LogP contribution is -2.07. The van der Waals surface area contributed by atoms with Gasteiger partial charge in [-0.25, -0.2) is 14.3 Å². The van der Waals surface area contributed by atoms with Crippen LogP contribution in [0.5, 0.6) is 0 Å². The second-order valence-corrected chi connectivity index (χ2v) is 4.23. The minimum absolute atomic E-state index is 0.325. The molecule has 0 spiro atoms. The number of hydrogen-bond donors (Lipinski definition) is 0. The predicted molar refractivity (Wildman–Crippen MR) is 71.2 cm³/mol. The molecule has 5 heteroatoms. The van der Waals surface area contributed by atoms with Crippen LogP contribution in [0.3, 0.4) is 0 Å². The number of carbonyl (C=O) groups is 1. The Morgan fingerprint density at radius 2 is 2.16 bits per heavy atom. The van der Waals surface area contributed by atoms with Crippen molar-refractivity contribution in [3.05, 3.63) is 41.9 Å². The Bertz CT molecular complexity index is 777. The molecule has 2 aromatic heterocycles. The number of benzene rings is 1. The maximum absolute atomic E-state index is 11.8. The normalized spacial score (nSPS) is 11.1. The van der Waals surface area contributed by atoms with E-state index in [0.29, 0.717) is 23.6 Å². The van der Waals surface area contributed by atoms with Crippen LogP contribution in [0, 0.1) is 6.92 Å². The number of nitrogens with zero attached hydrogens (tertiary/aromatic N) is 3. The quantitative estimate of drug-likeness (QED) is 0.660. The molecule has 0 aliphatic heterocycles. The van der Waals surface area contributed by atoms with Gasteiger partial charge in [-0.2, -0.15) is 5.10 Å². The molecular formula is C14H13N3O2. The average Bonchev–Trinajstić information content (AvgIpc) is 2.77. The fraction of sp³-hybridized carbons (Fsp3) is 0.214. The lowest BCUT2D eigenvalue weighted by Gasteiger charge is -2.00. The van der Waals surface area contributed by atoms with Crippen LogP contribution < -0.4 is 0 Å². The highest BCUT2D eigenvalue weighted by atomic mass is 16.5. The lowest BCUT2D eigenvalue weighted by molar-refractivity contribution is 0.0519. The summed E-state index contributed by atoms with van der Waals surface area (Å²) >= 11 is 0. The number of aromatic nitrogens is 3. The molecule has 0 saturated heterocycles. The zero-order valence-electron chi connectivity index (χ0n) is 10.8. The van der Waals surface area contributed by atoms with Crippen molar-refractivity contribution in [3.63, 3.8) is 0 Å². The van der Waals surface area contributed by atoms with Crippen molar-refractivity contribution in [2.75, 3.05) is 6.61 Å². The van der Waals surface area contributed by atoms with Crippen LogP contribution in [0.25, 0.3) is 16.4 Å². The Morgan fingerprint density at radius 1 is 1.37 bits per heavy atom. The van der Waals surface area contributed by atoms with E-state index < -0.39 is 5.97 Å². The summed E-state index contributed by atoms with van der Waals surface area (Å²) in [4.78, 5) is 16.2. The van der Waals surface area contributed by atoms with Crippen molar-refractivity contribution >= 4 is 22.4 Å². The van der Waals surface area contributed by atoms with Gasteiger partial charge in [0.05, 0.1) is 18.5 Å². The van der Waals surface area contributed by atoms with Gasteiger partial charge in [-0.15, -0.1) is 0 Å². The molecule has 96 valence electrons. The maximum Gasteiger partial charge on any atom is 0.358 e. The highest BCUT2D eigenvalue weighted by molar-refractivity contribution is 5.96. The molecule has 0 saturated carbocycles. The minimum Gasteiger partial charge on any atom is -0.461 e. The molecule has 2 heterocycles. The van der Waals surface area contributed by atoms with E-state index in [1.165, 1.54) is 0 Å². The second-order valence-electron chi connectivity index (χ2n) is 4.23. The van der Waals surface area contributed by atoms with Crippen LogP contribution >= 0.6 is 0 Å². The van der Waals surface area contributed by atoms with Crippen molar-refractivity contribution in [1.29, 1.82) is 0 Å². The summed E-state index contributed by atoms with van der Waals surface area (Å²) < 4.78 is 6.68. The van der Waals surface area contributed by atoms with E-state index in [2.05, 4.69) is 10.1 Å². The van der Waals surface area contributed by atoms with Gasteiger partial charge in [0.25, 0.3) is 0 Å². The summed E-state index contributed by atoms with van der Waals surface area (Å²) in [6.07, 6.45) is 1.77. The molecular weight excluding hydrogens is 242 g/mol. The largest absolute Gasteiger partial charge is 0.461 e. The van der Waals surface area contributed by atoms with Crippen LogP contribution in [0.15, 0.2) is 30.5 Å². The number of ether oxygens (including phenoxy) is 1. The summed E-state index contributed by atoms with van der Waals surface area (Å²) in [6, 6.07) is 7.82. The first kappa shape index (κ1) is 11.6. The van der Waals surface area contributed by atoms with Crippen molar-refractivity contribution in [2.24, 2.45) is 0 Å². The monoisotopic (exact) mass is 255 g/mol. The molecule has 0 radical (unpaired) electrons. The fourth-order valence-electron chi connectivity index (χ4n) is 2.13. The minimum atomic E-state index is -0.408. The van der Waals surface area contributed by atoms with E-state index in [1.54, 1.807) is 17.6 Å². The Hall–Kier alpha value is -2.43. The standard InChI is InChI=1S/C14H13N3O2/c1-3-19-14(18)12-9(2)17-13(16-12)11-7-5-4-6-10(11)8-15-17/h4-8H,3H2,1-2H3. The lowest BCUT2D eigenvalue weighted by atomic mass is 10.2. The number of rotatable bonds is 2. The molecule has 0 aliphatic rings. The summed E-state index contributed by atoms with van der Waals surface area (Å²) in [6.45, 7) is 3.92. The van der Waals surface area contributed by atoms with Crippen molar-refractivity contribution < 1.29 is 9.53 Å². The van der Waals surface area contributed by atoms with Gasteiger partial charge in [-0.05, 0) is 13.8 Å².